The summed E-state index contributed by atoms with van der Waals surface area (Å²) in [4.78, 5) is 43.4. The van der Waals surface area contributed by atoms with Crippen LogP contribution in [0.3, 0.4) is 0 Å². The topological polar surface area (TPSA) is 78.9 Å². The minimum Gasteiger partial charge on any atom is -0.383 e. The first-order valence-electron chi connectivity index (χ1n) is 10.5. The van der Waals surface area contributed by atoms with E-state index in [0.717, 1.165) is 11.3 Å². The zero-order valence-electron chi connectivity index (χ0n) is 17.4. The number of likely N-dealkylation sites (tertiary alicyclic amines) is 1. The van der Waals surface area contributed by atoms with Crippen LogP contribution in [0.1, 0.15) is 5.56 Å². The highest BCUT2D eigenvalue weighted by Crippen LogP contribution is 2.48. The van der Waals surface area contributed by atoms with E-state index in [1.165, 1.54) is 12.0 Å². The number of carbonyl (C=O) groups is 3. The van der Waals surface area contributed by atoms with Crippen LogP contribution in [0.4, 0.5) is 11.4 Å². The van der Waals surface area contributed by atoms with Crippen molar-refractivity contribution >= 4 is 46.8 Å². The van der Waals surface area contributed by atoms with Crippen molar-refractivity contribution in [2.24, 2.45) is 11.8 Å². The summed E-state index contributed by atoms with van der Waals surface area (Å²) in [5.41, 5.74) is 2.37. The van der Waals surface area contributed by atoms with Crippen molar-refractivity contribution < 1.29 is 19.1 Å². The van der Waals surface area contributed by atoms with Crippen LogP contribution >= 0.6 is 11.6 Å². The van der Waals surface area contributed by atoms with Gasteiger partial charge in [0.1, 0.15) is 6.04 Å². The Bertz CT molecular complexity index is 1120. The van der Waals surface area contributed by atoms with Gasteiger partial charge < -0.3 is 15.0 Å². The van der Waals surface area contributed by atoms with Crippen molar-refractivity contribution in [3.8, 4) is 0 Å². The number of carbonyl (C=O) groups excluding carboxylic acids is 3. The van der Waals surface area contributed by atoms with Crippen molar-refractivity contribution in [2.75, 3.05) is 30.5 Å². The van der Waals surface area contributed by atoms with Crippen molar-refractivity contribution in [3.05, 3.63) is 65.2 Å². The lowest BCUT2D eigenvalue weighted by Gasteiger charge is -2.36. The highest BCUT2D eigenvalue weighted by atomic mass is 35.5. The molecule has 32 heavy (non-hydrogen) atoms. The predicted molar refractivity (Wildman–Crippen MR) is 121 cm³/mol. The Kier molecular flexibility index (Phi) is 5.23. The van der Waals surface area contributed by atoms with Gasteiger partial charge in [-0.15, -0.1) is 0 Å². The van der Waals surface area contributed by atoms with E-state index in [2.05, 4.69) is 5.32 Å². The number of nitrogens with one attached hydrogen (secondary N) is 1. The summed E-state index contributed by atoms with van der Waals surface area (Å²) in [6.45, 7) is 0.436. The van der Waals surface area contributed by atoms with Gasteiger partial charge in [0.15, 0.2) is 0 Å². The van der Waals surface area contributed by atoms with E-state index in [4.69, 9.17) is 16.3 Å². The number of amides is 3. The fourth-order valence-corrected chi connectivity index (χ4v) is 5.15. The Morgan fingerprint density at radius 2 is 1.78 bits per heavy atom. The summed E-state index contributed by atoms with van der Waals surface area (Å²) < 4.78 is 5.08. The molecule has 2 aromatic rings. The molecule has 0 aliphatic carbocycles. The minimum atomic E-state index is -0.823. The first-order valence-corrected chi connectivity index (χ1v) is 10.8. The van der Waals surface area contributed by atoms with Crippen molar-refractivity contribution in [3.63, 3.8) is 0 Å². The minimum absolute atomic E-state index is 0.180. The Hall–Kier alpha value is -3.16. The molecule has 3 heterocycles. The zero-order valence-corrected chi connectivity index (χ0v) is 18.2. The Balaban J connectivity index is 1.55. The second-order valence-electron chi connectivity index (χ2n) is 8.13. The maximum Gasteiger partial charge on any atom is 0.247 e. The average Bonchev–Trinajstić information content (AvgIpc) is 3.27. The number of hydrogen-bond donors (Lipinski definition) is 1. The first-order chi connectivity index (χ1) is 15.5. The molecule has 8 heteroatoms. The molecule has 0 unspecified atom stereocenters. The molecule has 0 spiro atoms. The van der Waals surface area contributed by atoms with E-state index in [0.29, 0.717) is 10.7 Å². The van der Waals surface area contributed by atoms with Gasteiger partial charge in [0, 0.05) is 23.5 Å². The third kappa shape index (κ3) is 3.20. The summed E-state index contributed by atoms with van der Waals surface area (Å²) in [7, 11) is 1.52. The van der Waals surface area contributed by atoms with Gasteiger partial charge in [-0.1, -0.05) is 42.0 Å². The lowest BCUT2D eigenvalue weighted by atomic mass is 9.88. The fraction of sp³-hybridized carbons (Fsp3) is 0.292. The summed E-state index contributed by atoms with van der Waals surface area (Å²) >= 11 is 5.96. The van der Waals surface area contributed by atoms with Gasteiger partial charge in [-0.25, -0.2) is 0 Å². The molecule has 0 aromatic heterocycles. The molecular weight excluding hydrogens is 430 g/mol. The number of para-hydroxylation sites is 1. The Labute approximate surface area is 190 Å². The van der Waals surface area contributed by atoms with Gasteiger partial charge in [0.2, 0.25) is 17.7 Å². The maximum atomic E-state index is 13.6. The molecular formula is C24H22ClN3O4. The van der Waals surface area contributed by atoms with Crippen molar-refractivity contribution in [2.45, 2.75) is 12.1 Å². The molecule has 7 nitrogen and oxygen atoms in total. The van der Waals surface area contributed by atoms with E-state index in [1.54, 1.807) is 24.3 Å². The lowest BCUT2D eigenvalue weighted by molar-refractivity contribution is -0.141. The number of anilines is 2. The van der Waals surface area contributed by atoms with Crippen LogP contribution in [0, 0.1) is 11.8 Å². The second kappa shape index (κ2) is 8.07. The third-order valence-corrected chi connectivity index (χ3v) is 6.66. The average molecular weight is 452 g/mol. The van der Waals surface area contributed by atoms with Gasteiger partial charge in [-0.3, -0.25) is 19.3 Å². The van der Waals surface area contributed by atoms with Gasteiger partial charge in [0.25, 0.3) is 0 Å². The molecule has 0 radical (unpaired) electrons. The van der Waals surface area contributed by atoms with E-state index >= 15 is 0 Å². The summed E-state index contributed by atoms with van der Waals surface area (Å²) in [5.74, 6) is -2.30. The third-order valence-electron chi connectivity index (χ3n) is 6.41. The largest absolute Gasteiger partial charge is 0.383 e. The zero-order chi connectivity index (χ0) is 22.4. The summed E-state index contributed by atoms with van der Waals surface area (Å²) in [6.07, 6.45) is 3.89. The van der Waals surface area contributed by atoms with Gasteiger partial charge in [-0.05, 0) is 35.9 Å². The van der Waals surface area contributed by atoms with Crippen LogP contribution in [-0.4, -0.2) is 55.0 Å². The molecule has 5 rings (SSSR count). The second-order valence-corrected chi connectivity index (χ2v) is 8.57. The molecule has 164 valence electrons. The molecule has 2 saturated heterocycles. The monoisotopic (exact) mass is 451 g/mol. The van der Waals surface area contributed by atoms with E-state index in [9.17, 15) is 14.4 Å². The highest BCUT2D eigenvalue weighted by Gasteiger charge is 2.63. The van der Waals surface area contributed by atoms with Crippen molar-refractivity contribution in [1.29, 1.82) is 0 Å². The molecule has 2 aromatic carbocycles. The molecule has 4 atom stereocenters. The van der Waals surface area contributed by atoms with E-state index < -0.39 is 17.9 Å². The highest BCUT2D eigenvalue weighted by molar-refractivity contribution is 6.30. The lowest BCUT2D eigenvalue weighted by Crippen LogP contribution is -2.50. The molecule has 3 aliphatic heterocycles. The molecule has 3 amide bonds. The van der Waals surface area contributed by atoms with Crippen LogP contribution in [0.25, 0.3) is 6.08 Å². The number of methoxy groups -OCH3 is 1. The number of halogens is 1. The van der Waals surface area contributed by atoms with E-state index in [-0.39, 0.29) is 36.9 Å². The SMILES string of the molecule is COCCN1C(=O)[C@H]2[C@H](C1=O)[C@H](C(=O)Nc1ccc(Cl)cc1)N1c3ccccc3C=C[C@H]21. The molecule has 1 N–H and O–H groups in total. The number of hydrogen-bond acceptors (Lipinski definition) is 5. The number of fused-ring (bicyclic) bond motifs is 5. The number of ether oxygens (including phenoxy) is 1. The standard InChI is InChI=1S/C24H22ClN3O4/c1-32-13-12-27-23(30)19-18-11-6-14-4-2-3-5-17(14)28(18)21(20(19)24(27)31)22(29)26-16-9-7-15(25)8-10-16/h2-11,18-21H,12-13H2,1H3,(H,26,29)/t18-,19-,20+,21-/m1/s1. The van der Waals surface area contributed by atoms with Crippen LogP contribution < -0.4 is 10.2 Å². The quantitative estimate of drug-likeness (QED) is 0.707. The number of nitrogens with zero attached hydrogens (tertiary/aromatic N) is 2. The first kappa shape index (κ1) is 20.7. The Morgan fingerprint density at radius 1 is 1.06 bits per heavy atom. The summed E-state index contributed by atoms with van der Waals surface area (Å²) in [5, 5.41) is 3.47. The van der Waals surface area contributed by atoms with E-state index in [1.807, 2.05) is 41.3 Å². The van der Waals surface area contributed by atoms with Crippen molar-refractivity contribution in [1.82, 2.24) is 4.90 Å². The van der Waals surface area contributed by atoms with Gasteiger partial charge >= 0.3 is 0 Å². The normalized spacial score (nSPS) is 25.6. The van der Waals surface area contributed by atoms with Gasteiger partial charge in [-0.2, -0.15) is 0 Å². The molecule has 0 saturated carbocycles. The number of benzene rings is 2. The van der Waals surface area contributed by atoms with Crippen LogP contribution in [0.15, 0.2) is 54.6 Å². The fourth-order valence-electron chi connectivity index (χ4n) is 5.03. The van der Waals surface area contributed by atoms with Crippen LogP contribution in [0.2, 0.25) is 5.02 Å². The number of imide groups is 1. The predicted octanol–water partition coefficient (Wildman–Crippen LogP) is 2.81. The Morgan fingerprint density at radius 3 is 2.53 bits per heavy atom. The van der Waals surface area contributed by atoms with Crippen LogP contribution in [-0.2, 0) is 19.1 Å². The maximum absolute atomic E-state index is 13.6. The molecule has 0 bridgehead atoms. The smallest absolute Gasteiger partial charge is 0.247 e. The van der Waals surface area contributed by atoms with Gasteiger partial charge in [0.05, 0.1) is 31.0 Å². The number of rotatable bonds is 5. The molecule has 3 aliphatic rings. The van der Waals surface area contributed by atoms with Crippen LogP contribution in [0.5, 0.6) is 0 Å². The molecule has 2 fully saturated rings. The summed E-state index contributed by atoms with van der Waals surface area (Å²) in [6, 6.07) is 13.3.